The molecule has 0 aliphatic carbocycles. The summed E-state index contributed by atoms with van der Waals surface area (Å²) in [6, 6.07) is 6.10. The van der Waals surface area contributed by atoms with Gasteiger partial charge in [-0.2, -0.15) is 0 Å². The van der Waals surface area contributed by atoms with E-state index in [2.05, 4.69) is 24.6 Å². The Hall–Kier alpha value is -1.07. The summed E-state index contributed by atoms with van der Waals surface area (Å²) in [4.78, 5) is 0. The molecule has 4 nitrogen and oxygen atoms in total. The highest BCUT2D eigenvalue weighted by atomic mass is 32.2. The van der Waals surface area contributed by atoms with Crippen molar-refractivity contribution < 1.29 is 13.2 Å². The molecule has 1 N–H and O–H groups in total. The number of rotatable bonds is 7. The van der Waals surface area contributed by atoms with Crippen molar-refractivity contribution in [3.8, 4) is 5.75 Å². The fourth-order valence-corrected chi connectivity index (χ4v) is 2.39. The topological polar surface area (TPSA) is 55.4 Å². The zero-order chi connectivity index (χ0) is 14.5. The summed E-state index contributed by atoms with van der Waals surface area (Å²) < 4.78 is 30.6. The van der Waals surface area contributed by atoms with Gasteiger partial charge in [0.15, 0.2) is 0 Å². The van der Waals surface area contributed by atoms with Crippen LogP contribution in [0.1, 0.15) is 37.8 Å². The van der Waals surface area contributed by atoms with E-state index in [-0.39, 0.29) is 5.75 Å². The Morgan fingerprint density at radius 2 is 2.00 bits per heavy atom. The smallest absolute Gasteiger partial charge is 0.211 e. The van der Waals surface area contributed by atoms with Crippen LogP contribution < -0.4 is 9.46 Å². The quantitative estimate of drug-likeness (QED) is 0.836. The molecule has 0 heterocycles. The molecule has 0 unspecified atom stereocenters. The summed E-state index contributed by atoms with van der Waals surface area (Å²) in [7, 11) is -1.48. The highest BCUT2D eigenvalue weighted by Gasteiger charge is 2.09. The Kier molecular flexibility index (Phi) is 5.82. The predicted molar refractivity (Wildman–Crippen MR) is 78.3 cm³/mol. The van der Waals surface area contributed by atoms with Gasteiger partial charge in [0.25, 0.3) is 0 Å². The van der Waals surface area contributed by atoms with Crippen LogP contribution in [-0.2, 0) is 16.4 Å². The molecular weight excluding hydrogens is 262 g/mol. The summed E-state index contributed by atoms with van der Waals surface area (Å²) >= 11 is 0. The van der Waals surface area contributed by atoms with E-state index in [0.29, 0.717) is 18.9 Å². The van der Waals surface area contributed by atoms with Crippen LogP contribution in [0.5, 0.6) is 5.75 Å². The van der Waals surface area contributed by atoms with Crippen molar-refractivity contribution in [1.29, 1.82) is 0 Å². The van der Waals surface area contributed by atoms with Crippen LogP contribution in [0.25, 0.3) is 0 Å². The molecule has 108 valence electrons. The second kappa shape index (κ2) is 6.91. The Labute approximate surface area is 116 Å². The van der Waals surface area contributed by atoms with Crippen LogP contribution in [0.3, 0.4) is 0 Å². The molecular formula is C14H23NO3S. The number of benzene rings is 1. The fraction of sp³-hybridized carbons (Fsp3) is 0.571. The third-order valence-corrected chi connectivity index (χ3v) is 4.48. The van der Waals surface area contributed by atoms with Gasteiger partial charge in [0.05, 0.1) is 12.9 Å². The van der Waals surface area contributed by atoms with E-state index in [4.69, 9.17) is 4.74 Å². The summed E-state index contributed by atoms with van der Waals surface area (Å²) in [5, 5.41) is 0. The first-order valence-corrected chi connectivity index (χ1v) is 8.19. The minimum atomic E-state index is -3.12. The molecule has 5 heteroatoms. The van der Waals surface area contributed by atoms with Crippen molar-refractivity contribution in [2.75, 3.05) is 19.4 Å². The van der Waals surface area contributed by atoms with Crippen LogP contribution in [0.2, 0.25) is 0 Å². The molecule has 0 saturated heterocycles. The van der Waals surface area contributed by atoms with Crippen LogP contribution >= 0.6 is 0 Å². The van der Waals surface area contributed by atoms with Crippen molar-refractivity contribution in [2.24, 2.45) is 0 Å². The largest absolute Gasteiger partial charge is 0.496 e. The van der Waals surface area contributed by atoms with Crippen molar-refractivity contribution in [3.05, 3.63) is 29.3 Å². The molecule has 1 aromatic rings. The lowest BCUT2D eigenvalue weighted by Crippen LogP contribution is -2.27. The number of hydrogen-bond donors (Lipinski definition) is 1. The third kappa shape index (κ3) is 4.84. The molecule has 1 rings (SSSR count). The van der Waals surface area contributed by atoms with E-state index < -0.39 is 10.0 Å². The fourth-order valence-electron chi connectivity index (χ4n) is 1.77. The predicted octanol–water partition coefficient (Wildman–Crippen LogP) is 2.30. The molecule has 0 radical (unpaired) electrons. The number of methoxy groups -OCH3 is 1. The number of nitrogens with one attached hydrogen (secondary N) is 1. The summed E-state index contributed by atoms with van der Waals surface area (Å²) in [5.74, 6) is 1.37. The van der Waals surface area contributed by atoms with E-state index in [1.54, 1.807) is 14.0 Å². The molecule has 0 spiro atoms. The van der Waals surface area contributed by atoms with Crippen molar-refractivity contribution in [1.82, 2.24) is 4.72 Å². The first-order chi connectivity index (χ1) is 8.89. The lowest BCUT2D eigenvalue weighted by atomic mass is 10.00. The van der Waals surface area contributed by atoms with Gasteiger partial charge in [0.1, 0.15) is 5.75 Å². The first kappa shape index (κ1) is 16.0. The summed E-state index contributed by atoms with van der Waals surface area (Å²) in [6.45, 7) is 6.28. The van der Waals surface area contributed by atoms with E-state index >= 15 is 0 Å². The minimum absolute atomic E-state index is 0.108. The van der Waals surface area contributed by atoms with Gasteiger partial charge in [0, 0.05) is 6.54 Å². The van der Waals surface area contributed by atoms with Gasteiger partial charge in [-0.3, -0.25) is 0 Å². The van der Waals surface area contributed by atoms with Gasteiger partial charge < -0.3 is 4.74 Å². The van der Waals surface area contributed by atoms with Crippen LogP contribution in [0.4, 0.5) is 0 Å². The average Bonchev–Trinajstić information content (AvgIpc) is 2.38. The molecule has 0 atom stereocenters. The van der Waals surface area contributed by atoms with E-state index in [1.807, 2.05) is 12.1 Å². The highest BCUT2D eigenvalue weighted by Crippen LogP contribution is 2.24. The molecule has 0 saturated carbocycles. The minimum Gasteiger partial charge on any atom is -0.496 e. The van der Waals surface area contributed by atoms with Gasteiger partial charge in [-0.15, -0.1) is 0 Å². The number of hydrogen-bond acceptors (Lipinski definition) is 3. The Bertz CT molecular complexity index is 509. The van der Waals surface area contributed by atoms with E-state index in [9.17, 15) is 8.42 Å². The van der Waals surface area contributed by atoms with Gasteiger partial charge >= 0.3 is 0 Å². The standard InChI is InChI=1S/C14H23NO3S/c1-5-19(16,17)15-9-8-12-6-7-13(11(2)3)10-14(12)18-4/h6-7,10-11,15H,5,8-9H2,1-4H3. The second-order valence-corrected chi connectivity index (χ2v) is 6.87. The van der Waals surface area contributed by atoms with Crippen LogP contribution in [0, 0.1) is 0 Å². The maximum absolute atomic E-state index is 11.3. The van der Waals surface area contributed by atoms with E-state index in [0.717, 1.165) is 11.3 Å². The molecule has 0 aliphatic heterocycles. The molecule has 0 aromatic heterocycles. The Morgan fingerprint density at radius 1 is 1.32 bits per heavy atom. The molecule has 0 fully saturated rings. The van der Waals surface area contributed by atoms with Crippen LogP contribution in [-0.4, -0.2) is 27.8 Å². The molecule has 19 heavy (non-hydrogen) atoms. The zero-order valence-corrected chi connectivity index (χ0v) is 12.9. The van der Waals surface area contributed by atoms with Crippen molar-refractivity contribution >= 4 is 10.0 Å². The Balaban J connectivity index is 2.73. The summed E-state index contributed by atoms with van der Waals surface area (Å²) in [6.07, 6.45) is 0.626. The third-order valence-electron chi connectivity index (χ3n) is 3.07. The monoisotopic (exact) mass is 285 g/mol. The number of ether oxygens (including phenoxy) is 1. The molecule has 0 bridgehead atoms. The lowest BCUT2D eigenvalue weighted by molar-refractivity contribution is 0.408. The van der Waals surface area contributed by atoms with Gasteiger partial charge in [-0.1, -0.05) is 26.0 Å². The normalized spacial score (nSPS) is 11.8. The van der Waals surface area contributed by atoms with Gasteiger partial charge in [-0.25, -0.2) is 13.1 Å². The number of sulfonamides is 1. The van der Waals surface area contributed by atoms with E-state index in [1.165, 1.54) is 5.56 Å². The summed E-state index contributed by atoms with van der Waals surface area (Å²) in [5.41, 5.74) is 2.24. The van der Waals surface area contributed by atoms with Crippen molar-refractivity contribution in [3.63, 3.8) is 0 Å². The second-order valence-electron chi connectivity index (χ2n) is 4.77. The van der Waals surface area contributed by atoms with Gasteiger partial charge in [0.2, 0.25) is 10.0 Å². The van der Waals surface area contributed by atoms with Gasteiger partial charge in [-0.05, 0) is 36.5 Å². The maximum atomic E-state index is 11.3. The highest BCUT2D eigenvalue weighted by molar-refractivity contribution is 7.89. The molecule has 0 amide bonds. The SMILES string of the molecule is CCS(=O)(=O)NCCc1ccc(C(C)C)cc1OC. The zero-order valence-electron chi connectivity index (χ0n) is 12.1. The lowest BCUT2D eigenvalue weighted by Gasteiger charge is -2.13. The molecule has 0 aliphatic rings. The average molecular weight is 285 g/mol. The van der Waals surface area contributed by atoms with Crippen LogP contribution in [0.15, 0.2) is 18.2 Å². The van der Waals surface area contributed by atoms with Crippen molar-refractivity contribution in [2.45, 2.75) is 33.1 Å². The Morgan fingerprint density at radius 3 is 2.53 bits per heavy atom. The first-order valence-electron chi connectivity index (χ1n) is 6.53. The molecule has 1 aromatic carbocycles. The maximum Gasteiger partial charge on any atom is 0.211 e.